The molecule has 7 atom stereocenters. The van der Waals surface area contributed by atoms with Gasteiger partial charge in [-0.3, -0.25) is 28.8 Å². The summed E-state index contributed by atoms with van der Waals surface area (Å²) in [4.78, 5) is 104. The smallest absolute Gasteiger partial charge is 0.328 e. The van der Waals surface area contributed by atoms with Crippen LogP contribution >= 0.6 is 0 Å². The van der Waals surface area contributed by atoms with Gasteiger partial charge in [-0.2, -0.15) is 0 Å². The standard InChI is InChI=1S/C42H55N7O8/c1-26-21-35-42(56)57-25-32(45-37(51)31(22-28-11-6-5-7-12-28)44-36(50)23-29-15-17-30(18-16-29)46(3)4)40(54)48-20-10-14-34(48)41(55)47-19-9-8-13-33(47)38(52)43-27(2)39(53)49(35)24-26/h5-7,11-12,15-18,26-27,31-35H,8-10,13-14,19-25H2,1-4H3,(H,43,52)(H,44,50)(H,45,51)/t26-,27+,31+,32+,33+,34+,35+/m1/s1. The molecule has 2 aromatic rings. The summed E-state index contributed by atoms with van der Waals surface area (Å²) in [6.07, 6.45) is 3.10. The van der Waals surface area contributed by atoms with E-state index in [2.05, 4.69) is 16.0 Å². The predicted molar refractivity (Wildman–Crippen MR) is 210 cm³/mol. The second-order valence-electron chi connectivity index (χ2n) is 16.0. The van der Waals surface area contributed by atoms with Gasteiger partial charge < -0.3 is 40.3 Å². The minimum absolute atomic E-state index is 0.00693. The molecule has 0 bridgehead atoms. The first kappa shape index (κ1) is 41.2. The number of ether oxygens (including phenoxy) is 1. The molecule has 15 nitrogen and oxygen atoms in total. The van der Waals surface area contributed by atoms with Crippen molar-refractivity contribution in [2.75, 3.05) is 45.2 Å². The zero-order valence-electron chi connectivity index (χ0n) is 33.3. The van der Waals surface area contributed by atoms with Crippen LogP contribution in [-0.2, 0) is 51.1 Å². The summed E-state index contributed by atoms with van der Waals surface area (Å²) in [6.45, 7) is 3.72. The number of hydrogen-bond donors (Lipinski definition) is 3. The Kier molecular flexibility index (Phi) is 13.1. The monoisotopic (exact) mass is 785 g/mol. The van der Waals surface area contributed by atoms with Crippen LogP contribution in [0.3, 0.4) is 0 Å². The highest BCUT2D eigenvalue weighted by Gasteiger charge is 2.46. The Morgan fingerprint density at radius 3 is 2.21 bits per heavy atom. The van der Waals surface area contributed by atoms with E-state index in [9.17, 15) is 33.6 Å². The molecule has 4 fully saturated rings. The molecule has 4 aliphatic heterocycles. The summed E-state index contributed by atoms with van der Waals surface area (Å²) in [7, 11) is 3.84. The van der Waals surface area contributed by atoms with E-state index in [1.807, 2.05) is 80.5 Å². The number of esters is 1. The number of rotatable bonds is 8. The number of cyclic esters (lactones) is 1. The Morgan fingerprint density at radius 1 is 0.807 bits per heavy atom. The Morgan fingerprint density at radius 2 is 1.49 bits per heavy atom. The topological polar surface area (TPSA) is 178 Å². The summed E-state index contributed by atoms with van der Waals surface area (Å²) < 4.78 is 5.77. The van der Waals surface area contributed by atoms with Crippen molar-refractivity contribution in [2.24, 2.45) is 5.92 Å². The zero-order chi connectivity index (χ0) is 40.8. The number of fused-ring (bicyclic) bond motifs is 3. The maximum absolute atomic E-state index is 14.5. The van der Waals surface area contributed by atoms with Gasteiger partial charge in [-0.15, -0.1) is 0 Å². The minimum atomic E-state index is -1.42. The third-order valence-corrected chi connectivity index (χ3v) is 11.5. The van der Waals surface area contributed by atoms with Crippen LogP contribution in [0, 0.1) is 5.92 Å². The minimum Gasteiger partial charge on any atom is -0.461 e. The Balaban J connectivity index is 1.28. The highest BCUT2D eigenvalue weighted by Crippen LogP contribution is 2.28. The number of piperidine rings is 1. The fraction of sp³-hybridized carbons (Fsp3) is 0.548. The molecular weight excluding hydrogens is 731 g/mol. The number of anilines is 1. The molecule has 2 aromatic carbocycles. The second kappa shape index (κ2) is 18.2. The molecule has 6 rings (SSSR count). The van der Waals surface area contributed by atoms with Crippen LogP contribution in [0.4, 0.5) is 5.69 Å². The maximum atomic E-state index is 14.5. The third-order valence-electron chi connectivity index (χ3n) is 11.5. The first-order valence-electron chi connectivity index (χ1n) is 20.1. The van der Waals surface area contributed by atoms with Crippen molar-refractivity contribution in [3.63, 3.8) is 0 Å². The van der Waals surface area contributed by atoms with E-state index in [0.29, 0.717) is 45.1 Å². The average Bonchev–Trinajstić information content (AvgIpc) is 3.85. The number of carbonyl (C=O) groups excluding carboxylic acids is 7. The van der Waals surface area contributed by atoms with Gasteiger partial charge in [0.1, 0.15) is 42.9 Å². The number of nitrogens with zero attached hydrogens (tertiary/aromatic N) is 4. The molecule has 4 saturated heterocycles. The fourth-order valence-electron chi connectivity index (χ4n) is 8.39. The molecule has 15 heteroatoms. The Bertz CT molecular complexity index is 1820. The van der Waals surface area contributed by atoms with Crippen molar-refractivity contribution in [2.45, 2.75) is 101 Å². The number of amides is 6. The molecule has 0 saturated carbocycles. The Labute approximate surface area is 333 Å². The van der Waals surface area contributed by atoms with Gasteiger partial charge in [0, 0.05) is 45.8 Å². The molecule has 0 aromatic heterocycles. The number of benzene rings is 2. The fourth-order valence-corrected chi connectivity index (χ4v) is 8.39. The lowest BCUT2D eigenvalue weighted by Gasteiger charge is -2.39. The molecule has 3 N–H and O–H groups in total. The van der Waals surface area contributed by atoms with E-state index in [1.54, 1.807) is 6.92 Å². The van der Waals surface area contributed by atoms with Crippen LogP contribution in [-0.4, -0.2) is 133 Å². The van der Waals surface area contributed by atoms with Gasteiger partial charge in [0.05, 0.1) is 6.42 Å². The van der Waals surface area contributed by atoms with Crippen LogP contribution < -0.4 is 20.9 Å². The second-order valence-corrected chi connectivity index (χ2v) is 16.0. The Hall–Kier alpha value is -5.47. The van der Waals surface area contributed by atoms with E-state index >= 15 is 0 Å². The SMILES string of the molecule is C[C@@H]1C[C@H]2C(=O)OC[C@H](NC(=O)[C@H](Cc3ccccc3)NC(=O)Cc3ccc(N(C)C)cc3)C(=O)N3CCC[C@H]3C(=O)N3CCCC[C@H]3C(=O)N[C@@H](C)C(=O)N2C1. The lowest BCUT2D eigenvalue weighted by Crippen LogP contribution is -2.62. The highest BCUT2D eigenvalue weighted by atomic mass is 16.5. The molecule has 4 heterocycles. The van der Waals surface area contributed by atoms with E-state index < -0.39 is 78.4 Å². The van der Waals surface area contributed by atoms with Crippen molar-refractivity contribution in [1.82, 2.24) is 30.7 Å². The highest BCUT2D eigenvalue weighted by molar-refractivity contribution is 5.98. The summed E-state index contributed by atoms with van der Waals surface area (Å²) in [5.41, 5.74) is 2.49. The van der Waals surface area contributed by atoms with Gasteiger partial charge in [0.2, 0.25) is 35.4 Å². The first-order valence-corrected chi connectivity index (χ1v) is 20.1. The van der Waals surface area contributed by atoms with Gasteiger partial charge in [-0.1, -0.05) is 49.4 Å². The molecule has 4 aliphatic rings. The van der Waals surface area contributed by atoms with Crippen molar-refractivity contribution >= 4 is 47.1 Å². The van der Waals surface area contributed by atoms with Crippen LogP contribution in [0.1, 0.15) is 63.5 Å². The first-order chi connectivity index (χ1) is 27.3. The number of nitrogens with one attached hydrogen (secondary N) is 3. The molecule has 57 heavy (non-hydrogen) atoms. The predicted octanol–water partition coefficient (Wildman–Crippen LogP) is 1.18. The summed E-state index contributed by atoms with van der Waals surface area (Å²) >= 11 is 0. The summed E-state index contributed by atoms with van der Waals surface area (Å²) in [6, 6.07) is 10.5. The summed E-state index contributed by atoms with van der Waals surface area (Å²) in [5.74, 6) is -3.77. The van der Waals surface area contributed by atoms with E-state index in [-0.39, 0.29) is 37.8 Å². The van der Waals surface area contributed by atoms with E-state index in [4.69, 9.17) is 4.74 Å². The molecule has 0 spiro atoms. The molecular formula is C42H55N7O8. The van der Waals surface area contributed by atoms with Crippen LogP contribution in [0.15, 0.2) is 54.6 Å². The van der Waals surface area contributed by atoms with E-state index in [1.165, 1.54) is 14.7 Å². The number of carbonyl (C=O) groups is 7. The van der Waals surface area contributed by atoms with Gasteiger partial charge in [0.25, 0.3) is 0 Å². The van der Waals surface area contributed by atoms with Crippen molar-refractivity contribution in [3.8, 4) is 0 Å². The van der Waals surface area contributed by atoms with Crippen LogP contribution in [0.2, 0.25) is 0 Å². The average molecular weight is 786 g/mol. The lowest BCUT2D eigenvalue weighted by molar-refractivity contribution is -0.158. The van der Waals surface area contributed by atoms with Crippen molar-refractivity contribution in [1.29, 1.82) is 0 Å². The maximum Gasteiger partial charge on any atom is 0.328 e. The van der Waals surface area contributed by atoms with E-state index in [0.717, 1.165) is 16.8 Å². The molecule has 0 radical (unpaired) electrons. The normalized spacial score (nSPS) is 26.5. The summed E-state index contributed by atoms with van der Waals surface area (Å²) in [5, 5.41) is 8.43. The van der Waals surface area contributed by atoms with Gasteiger partial charge in [0.15, 0.2) is 0 Å². The molecule has 0 unspecified atom stereocenters. The van der Waals surface area contributed by atoms with Crippen molar-refractivity contribution in [3.05, 3.63) is 65.7 Å². The number of hydrogen-bond acceptors (Lipinski definition) is 9. The van der Waals surface area contributed by atoms with Crippen molar-refractivity contribution < 1.29 is 38.3 Å². The van der Waals surface area contributed by atoms with Gasteiger partial charge in [-0.05, 0) is 74.6 Å². The quantitative estimate of drug-likeness (QED) is 0.332. The third kappa shape index (κ3) is 9.74. The largest absolute Gasteiger partial charge is 0.461 e. The van der Waals surface area contributed by atoms with Crippen LogP contribution in [0.25, 0.3) is 0 Å². The lowest BCUT2D eigenvalue weighted by atomic mass is 9.99. The van der Waals surface area contributed by atoms with Gasteiger partial charge >= 0.3 is 5.97 Å². The molecule has 306 valence electrons. The molecule has 0 aliphatic carbocycles. The van der Waals surface area contributed by atoms with Crippen LogP contribution in [0.5, 0.6) is 0 Å². The van der Waals surface area contributed by atoms with Gasteiger partial charge in [-0.25, -0.2) is 4.79 Å². The molecule has 6 amide bonds. The zero-order valence-corrected chi connectivity index (χ0v) is 33.3.